The topological polar surface area (TPSA) is 0 Å². The Kier molecular flexibility index (Phi) is 5.82. The van der Waals surface area contributed by atoms with E-state index in [0.29, 0.717) is 0 Å². The lowest BCUT2D eigenvalue weighted by molar-refractivity contribution is 0.546. The van der Waals surface area contributed by atoms with E-state index in [9.17, 15) is 4.39 Å². The highest BCUT2D eigenvalue weighted by Gasteiger charge is 2.30. The van der Waals surface area contributed by atoms with Gasteiger partial charge >= 0.3 is 0 Å². The van der Waals surface area contributed by atoms with Gasteiger partial charge in [0.05, 0.1) is 0 Å². The van der Waals surface area contributed by atoms with Crippen LogP contribution < -0.4 is 0 Å². The number of rotatable bonds is 5. The molecular weight excluding hydrogens is 451 g/mol. The lowest BCUT2D eigenvalue weighted by atomic mass is 9.79. The van der Waals surface area contributed by atoms with E-state index in [1.54, 1.807) is 12.1 Å². The zero-order valence-corrected chi connectivity index (χ0v) is 15.5. The molecule has 0 unspecified atom stereocenters. The second-order valence-corrected chi connectivity index (χ2v) is 6.90. The SMILES string of the molecule is Fc1cccc(CC(CBr)(CBr)c2cccc(Br)c2)c1. The van der Waals surface area contributed by atoms with Crippen molar-refractivity contribution in [1.29, 1.82) is 0 Å². The molecule has 20 heavy (non-hydrogen) atoms. The van der Waals surface area contributed by atoms with E-state index in [-0.39, 0.29) is 11.2 Å². The zero-order chi connectivity index (χ0) is 14.6. The normalized spacial score (nSPS) is 11.6. The summed E-state index contributed by atoms with van der Waals surface area (Å²) >= 11 is 10.8. The van der Waals surface area contributed by atoms with Crippen molar-refractivity contribution < 1.29 is 4.39 Å². The summed E-state index contributed by atoms with van der Waals surface area (Å²) in [6.45, 7) is 0. The van der Waals surface area contributed by atoms with Crippen LogP contribution in [0.5, 0.6) is 0 Å². The summed E-state index contributed by atoms with van der Waals surface area (Å²) in [5.41, 5.74) is 2.13. The van der Waals surface area contributed by atoms with Crippen LogP contribution in [0.1, 0.15) is 11.1 Å². The highest BCUT2D eigenvalue weighted by Crippen LogP contribution is 2.34. The lowest BCUT2D eigenvalue weighted by Crippen LogP contribution is -2.33. The van der Waals surface area contributed by atoms with Gasteiger partial charge in [0.15, 0.2) is 0 Å². The van der Waals surface area contributed by atoms with Gasteiger partial charge in [0, 0.05) is 20.5 Å². The average molecular weight is 465 g/mol. The summed E-state index contributed by atoms with van der Waals surface area (Å²) in [5, 5.41) is 1.61. The van der Waals surface area contributed by atoms with E-state index in [0.717, 1.165) is 27.1 Å². The largest absolute Gasteiger partial charge is 0.207 e. The fraction of sp³-hybridized carbons (Fsp3) is 0.250. The standard InChI is InChI=1S/C16H14Br3F/c17-10-16(11-18,13-4-2-5-14(19)8-13)9-12-3-1-6-15(20)7-12/h1-8H,9-11H2. The quantitative estimate of drug-likeness (QED) is 0.486. The Morgan fingerprint density at radius 1 is 0.950 bits per heavy atom. The molecule has 0 fully saturated rings. The van der Waals surface area contributed by atoms with Gasteiger partial charge in [-0.3, -0.25) is 0 Å². The van der Waals surface area contributed by atoms with Crippen molar-refractivity contribution in [3.63, 3.8) is 0 Å². The second-order valence-electron chi connectivity index (χ2n) is 4.86. The molecule has 0 heterocycles. The molecule has 0 aliphatic carbocycles. The van der Waals surface area contributed by atoms with Crippen molar-refractivity contribution in [2.24, 2.45) is 0 Å². The molecular formula is C16H14Br3F. The maximum atomic E-state index is 13.4. The fourth-order valence-corrected chi connectivity index (χ4v) is 4.61. The third kappa shape index (κ3) is 3.71. The molecule has 0 nitrogen and oxygen atoms in total. The van der Waals surface area contributed by atoms with Gasteiger partial charge in [-0.2, -0.15) is 0 Å². The molecule has 0 aromatic heterocycles. The summed E-state index contributed by atoms with van der Waals surface area (Å²) < 4.78 is 14.4. The van der Waals surface area contributed by atoms with Crippen molar-refractivity contribution >= 4 is 47.8 Å². The summed E-state index contributed by atoms with van der Waals surface area (Å²) in [6.07, 6.45) is 0.776. The molecule has 0 saturated heterocycles. The minimum Gasteiger partial charge on any atom is -0.207 e. The Hall–Kier alpha value is -0.190. The third-order valence-electron chi connectivity index (χ3n) is 3.38. The van der Waals surface area contributed by atoms with E-state index >= 15 is 0 Å². The molecule has 0 bridgehead atoms. The minimum atomic E-state index is -0.185. The first kappa shape index (κ1) is 16.2. The predicted molar refractivity (Wildman–Crippen MR) is 93.5 cm³/mol. The van der Waals surface area contributed by atoms with Gasteiger partial charge in [-0.15, -0.1) is 0 Å². The first-order chi connectivity index (χ1) is 9.59. The van der Waals surface area contributed by atoms with Gasteiger partial charge in [-0.1, -0.05) is 72.1 Å². The van der Waals surface area contributed by atoms with Crippen LogP contribution in [0.15, 0.2) is 53.0 Å². The molecule has 106 valence electrons. The van der Waals surface area contributed by atoms with Crippen molar-refractivity contribution in [2.75, 3.05) is 10.7 Å². The summed E-state index contributed by atoms with van der Waals surface area (Å²) in [5.74, 6) is -0.185. The van der Waals surface area contributed by atoms with Crippen LogP contribution in [0.2, 0.25) is 0 Å². The summed E-state index contributed by atoms with van der Waals surface area (Å²) in [6, 6.07) is 15.1. The molecule has 0 saturated carbocycles. The fourth-order valence-electron chi connectivity index (χ4n) is 2.24. The van der Waals surface area contributed by atoms with E-state index in [1.165, 1.54) is 11.6 Å². The molecule has 0 atom stereocenters. The van der Waals surface area contributed by atoms with Crippen LogP contribution in [0.4, 0.5) is 4.39 Å². The van der Waals surface area contributed by atoms with Crippen LogP contribution in [0.3, 0.4) is 0 Å². The van der Waals surface area contributed by atoms with E-state index in [1.807, 2.05) is 18.2 Å². The maximum Gasteiger partial charge on any atom is 0.123 e. The van der Waals surface area contributed by atoms with Gasteiger partial charge in [0.1, 0.15) is 5.82 Å². The Balaban J connectivity index is 2.39. The van der Waals surface area contributed by atoms with Crippen LogP contribution in [-0.2, 0) is 11.8 Å². The van der Waals surface area contributed by atoms with Gasteiger partial charge in [0.2, 0.25) is 0 Å². The van der Waals surface area contributed by atoms with Crippen molar-refractivity contribution in [3.8, 4) is 0 Å². The molecule has 2 aromatic carbocycles. The summed E-state index contributed by atoms with van der Waals surface area (Å²) in [4.78, 5) is 0. The number of alkyl halides is 2. The monoisotopic (exact) mass is 462 g/mol. The van der Waals surface area contributed by atoms with Crippen LogP contribution in [0.25, 0.3) is 0 Å². The van der Waals surface area contributed by atoms with Gasteiger partial charge in [-0.05, 0) is 41.8 Å². The molecule has 0 N–H and O–H groups in total. The molecule has 0 spiro atoms. The first-order valence-electron chi connectivity index (χ1n) is 6.22. The Bertz CT molecular complexity index is 579. The molecule has 2 aromatic rings. The number of halogens is 4. The van der Waals surface area contributed by atoms with E-state index < -0.39 is 0 Å². The predicted octanol–water partition coefficient (Wildman–Crippen LogP) is 5.86. The molecule has 4 heteroatoms. The Morgan fingerprint density at radius 3 is 2.25 bits per heavy atom. The highest BCUT2D eigenvalue weighted by atomic mass is 79.9. The van der Waals surface area contributed by atoms with Gasteiger partial charge in [0.25, 0.3) is 0 Å². The first-order valence-corrected chi connectivity index (χ1v) is 9.26. The van der Waals surface area contributed by atoms with Crippen LogP contribution in [-0.4, -0.2) is 10.7 Å². The Labute approximate surface area is 144 Å². The molecule has 0 amide bonds. The Morgan fingerprint density at radius 2 is 1.65 bits per heavy atom. The van der Waals surface area contributed by atoms with Crippen LogP contribution >= 0.6 is 47.8 Å². The van der Waals surface area contributed by atoms with E-state index in [2.05, 4.69) is 59.9 Å². The van der Waals surface area contributed by atoms with Gasteiger partial charge < -0.3 is 0 Å². The smallest absolute Gasteiger partial charge is 0.123 e. The van der Waals surface area contributed by atoms with Gasteiger partial charge in [-0.25, -0.2) is 4.39 Å². The van der Waals surface area contributed by atoms with Crippen LogP contribution in [0, 0.1) is 5.82 Å². The minimum absolute atomic E-state index is 0.0996. The van der Waals surface area contributed by atoms with Crippen molar-refractivity contribution in [3.05, 3.63) is 69.9 Å². The maximum absolute atomic E-state index is 13.4. The van der Waals surface area contributed by atoms with Crippen molar-refractivity contribution in [1.82, 2.24) is 0 Å². The van der Waals surface area contributed by atoms with Crippen molar-refractivity contribution in [2.45, 2.75) is 11.8 Å². The lowest BCUT2D eigenvalue weighted by Gasteiger charge is -2.31. The number of hydrogen-bond acceptors (Lipinski definition) is 0. The molecule has 0 aliphatic heterocycles. The highest BCUT2D eigenvalue weighted by molar-refractivity contribution is 9.10. The molecule has 0 aliphatic rings. The summed E-state index contributed by atoms with van der Waals surface area (Å²) in [7, 11) is 0. The third-order valence-corrected chi connectivity index (χ3v) is 6.02. The average Bonchev–Trinajstić information content (AvgIpc) is 2.45. The second kappa shape index (κ2) is 7.19. The molecule has 0 radical (unpaired) electrons. The van der Waals surface area contributed by atoms with E-state index in [4.69, 9.17) is 0 Å². The molecule has 2 rings (SSSR count). The zero-order valence-electron chi connectivity index (χ0n) is 10.8. The number of hydrogen-bond donors (Lipinski definition) is 0. The number of benzene rings is 2.